The number of imidazole rings is 1. The van der Waals surface area contributed by atoms with Gasteiger partial charge in [-0.15, -0.1) is 0 Å². The molecule has 0 fully saturated rings. The zero-order valence-corrected chi connectivity index (χ0v) is 12.8. The highest BCUT2D eigenvalue weighted by Gasteiger charge is 2.28. The van der Waals surface area contributed by atoms with Gasteiger partial charge in [0.1, 0.15) is 4.99 Å². The van der Waals surface area contributed by atoms with Crippen LogP contribution in [-0.2, 0) is 10.3 Å². The maximum Gasteiger partial charge on any atom is 0.248 e. The number of alkyl halides is 3. The van der Waals surface area contributed by atoms with Crippen LogP contribution in [0.1, 0.15) is 17.0 Å². The van der Waals surface area contributed by atoms with Crippen molar-refractivity contribution < 1.29 is 0 Å². The fraction of sp³-hybridized carbons (Fsp3) is 0.167. The predicted molar refractivity (Wildman–Crippen MR) is 82.9 cm³/mol. The maximum absolute atomic E-state index is 5.86. The highest BCUT2D eigenvalue weighted by atomic mass is 35.6. The van der Waals surface area contributed by atoms with Crippen LogP contribution in [-0.4, -0.2) is 14.5 Å². The summed E-state index contributed by atoms with van der Waals surface area (Å²) < 4.78 is 0.218. The summed E-state index contributed by atoms with van der Waals surface area (Å²) in [6.45, 7) is 0.527. The highest BCUT2D eigenvalue weighted by molar-refractivity contribution is 7.80. The topological polar surface area (TPSA) is 43.8 Å². The maximum atomic E-state index is 5.86. The first-order chi connectivity index (χ1) is 8.88. The lowest BCUT2D eigenvalue weighted by Crippen LogP contribution is -2.13. The number of benzene rings is 1. The molecule has 100 valence electrons. The van der Waals surface area contributed by atoms with Crippen molar-refractivity contribution in [2.75, 3.05) is 0 Å². The quantitative estimate of drug-likeness (QED) is 0.691. The molecule has 19 heavy (non-hydrogen) atoms. The van der Waals surface area contributed by atoms with E-state index < -0.39 is 3.79 Å². The number of hydrogen-bond acceptors (Lipinski definition) is 2. The molecule has 0 spiro atoms. The summed E-state index contributed by atoms with van der Waals surface area (Å²) in [7, 11) is 0. The largest absolute Gasteiger partial charge is 0.389 e. The van der Waals surface area contributed by atoms with Gasteiger partial charge in [0, 0.05) is 24.5 Å². The zero-order valence-electron chi connectivity index (χ0n) is 9.69. The third kappa shape index (κ3) is 3.60. The van der Waals surface area contributed by atoms with Crippen molar-refractivity contribution in [1.29, 1.82) is 0 Å². The molecule has 0 aliphatic rings. The number of hydrogen-bond donors (Lipinski definition) is 1. The lowest BCUT2D eigenvalue weighted by molar-refractivity contribution is 0.737. The molecule has 0 saturated heterocycles. The van der Waals surface area contributed by atoms with Crippen molar-refractivity contribution in [3.05, 3.63) is 53.6 Å². The van der Waals surface area contributed by atoms with E-state index in [2.05, 4.69) is 4.98 Å². The number of nitrogens with zero attached hydrogens (tertiary/aromatic N) is 2. The van der Waals surface area contributed by atoms with Gasteiger partial charge >= 0.3 is 0 Å². The highest BCUT2D eigenvalue weighted by Crippen LogP contribution is 2.37. The van der Waals surface area contributed by atoms with Crippen LogP contribution in [0.15, 0.2) is 36.7 Å². The van der Waals surface area contributed by atoms with Crippen molar-refractivity contribution in [3.8, 4) is 0 Å². The molecule has 2 N–H and O–H groups in total. The smallest absolute Gasteiger partial charge is 0.248 e. The number of halogens is 3. The number of thiocarbonyl (C=S) groups is 1. The van der Waals surface area contributed by atoms with Crippen molar-refractivity contribution in [2.45, 2.75) is 10.3 Å². The van der Waals surface area contributed by atoms with E-state index in [-0.39, 0.29) is 0 Å². The molecular weight excluding hydrogens is 325 g/mol. The van der Waals surface area contributed by atoms with Gasteiger partial charge in [-0.25, -0.2) is 4.98 Å². The summed E-state index contributed by atoms with van der Waals surface area (Å²) in [6, 6.07) is 7.60. The van der Waals surface area contributed by atoms with E-state index in [4.69, 9.17) is 52.8 Å². The minimum atomic E-state index is -1.55. The average Bonchev–Trinajstić information content (AvgIpc) is 2.77. The molecule has 0 amide bonds. The normalized spacial score (nSPS) is 11.5. The van der Waals surface area contributed by atoms with Gasteiger partial charge < -0.3 is 10.3 Å². The molecule has 2 rings (SSSR count). The molecule has 1 aromatic heterocycles. The Labute approximate surface area is 131 Å². The van der Waals surface area contributed by atoms with Gasteiger partial charge in [0.2, 0.25) is 3.79 Å². The fourth-order valence-electron chi connectivity index (χ4n) is 1.71. The van der Waals surface area contributed by atoms with E-state index in [0.29, 0.717) is 17.4 Å². The van der Waals surface area contributed by atoms with Gasteiger partial charge in [-0.3, -0.25) is 0 Å². The molecule has 0 radical (unpaired) electrons. The Morgan fingerprint density at radius 1 is 1.37 bits per heavy atom. The average molecular weight is 335 g/mol. The first-order valence-electron chi connectivity index (χ1n) is 5.35. The second-order valence-electron chi connectivity index (χ2n) is 3.94. The van der Waals surface area contributed by atoms with Crippen LogP contribution in [0, 0.1) is 0 Å². The molecule has 0 unspecified atom stereocenters. The summed E-state index contributed by atoms with van der Waals surface area (Å²) in [4.78, 5) is 4.41. The van der Waals surface area contributed by atoms with E-state index in [1.54, 1.807) is 17.0 Å². The van der Waals surface area contributed by atoms with Gasteiger partial charge in [0.05, 0.1) is 0 Å². The van der Waals surface area contributed by atoms with Crippen LogP contribution in [0.4, 0.5) is 0 Å². The number of aromatic nitrogens is 2. The van der Waals surface area contributed by atoms with Crippen molar-refractivity contribution in [1.82, 2.24) is 9.55 Å². The molecule has 0 saturated carbocycles. The summed E-state index contributed by atoms with van der Waals surface area (Å²) in [6.07, 6.45) is 3.35. The first kappa shape index (κ1) is 14.6. The monoisotopic (exact) mass is 333 g/mol. The third-order valence-corrected chi connectivity index (χ3v) is 3.28. The van der Waals surface area contributed by atoms with Gasteiger partial charge in [-0.2, -0.15) is 0 Å². The summed E-state index contributed by atoms with van der Waals surface area (Å²) >= 11 is 22.5. The van der Waals surface area contributed by atoms with E-state index in [0.717, 1.165) is 11.1 Å². The van der Waals surface area contributed by atoms with Crippen LogP contribution in [0.5, 0.6) is 0 Å². The number of nitrogens with two attached hydrogens (primary N) is 1. The van der Waals surface area contributed by atoms with Crippen molar-refractivity contribution in [3.63, 3.8) is 0 Å². The molecule has 0 aliphatic heterocycles. The van der Waals surface area contributed by atoms with Crippen LogP contribution in [0.3, 0.4) is 0 Å². The molecule has 0 bridgehead atoms. The molecule has 0 aliphatic carbocycles. The molecule has 2 aromatic rings. The van der Waals surface area contributed by atoms with Gasteiger partial charge in [0.25, 0.3) is 0 Å². The van der Waals surface area contributed by atoms with Crippen LogP contribution in [0.2, 0.25) is 0 Å². The van der Waals surface area contributed by atoms with E-state index in [1.807, 2.05) is 24.3 Å². The van der Waals surface area contributed by atoms with Crippen LogP contribution >= 0.6 is 47.0 Å². The Morgan fingerprint density at radius 3 is 2.74 bits per heavy atom. The summed E-state index contributed by atoms with van der Waals surface area (Å²) in [5.74, 6) is 0.373. The second kappa shape index (κ2) is 5.67. The molecular formula is C12H10Cl3N3S. The van der Waals surface area contributed by atoms with Gasteiger partial charge in [-0.1, -0.05) is 65.2 Å². The summed E-state index contributed by atoms with van der Waals surface area (Å²) in [5, 5.41) is 0. The SMILES string of the molecule is NC(=S)c1cccc(Cn2ccnc2C(Cl)(Cl)Cl)c1. The Morgan fingerprint density at radius 2 is 2.11 bits per heavy atom. The van der Waals surface area contributed by atoms with Crippen LogP contribution in [0.25, 0.3) is 0 Å². The first-order valence-corrected chi connectivity index (χ1v) is 6.89. The lowest BCUT2D eigenvalue weighted by Gasteiger charge is -2.14. The Hall–Kier alpha value is -0.810. The Balaban J connectivity index is 2.29. The number of rotatable bonds is 3. The standard InChI is InChI=1S/C12H10Cl3N3S/c13-12(14,15)11-17-4-5-18(11)7-8-2-1-3-9(6-8)10(16)19/h1-6H,7H2,(H2,16,19). The van der Waals surface area contributed by atoms with E-state index in [1.165, 1.54) is 0 Å². The van der Waals surface area contributed by atoms with Crippen molar-refractivity contribution in [2.24, 2.45) is 5.73 Å². The van der Waals surface area contributed by atoms with Gasteiger partial charge in [-0.05, 0) is 11.6 Å². The Kier molecular flexibility index (Phi) is 4.36. The Bertz CT molecular complexity index is 604. The molecule has 1 aromatic carbocycles. The molecule has 3 nitrogen and oxygen atoms in total. The van der Waals surface area contributed by atoms with Gasteiger partial charge in [0.15, 0.2) is 5.82 Å². The third-order valence-electron chi connectivity index (χ3n) is 2.53. The fourth-order valence-corrected chi connectivity index (χ4v) is 2.31. The lowest BCUT2D eigenvalue weighted by atomic mass is 10.1. The summed E-state index contributed by atoms with van der Waals surface area (Å²) in [5.41, 5.74) is 7.41. The zero-order chi connectivity index (χ0) is 14.0. The minimum Gasteiger partial charge on any atom is -0.389 e. The van der Waals surface area contributed by atoms with Crippen LogP contribution < -0.4 is 5.73 Å². The minimum absolute atomic E-state index is 0.356. The van der Waals surface area contributed by atoms with E-state index in [9.17, 15) is 0 Å². The molecule has 7 heteroatoms. The second-order valence-corrected chi connectivity index (χ2v) is 6.66. The molecule has 0 atom stereocenters. The predicted octanol–water partition coefficient (Wildman–Crippen LogP) is 3.39. The van der Waals surface area contributed by atoms with E-state index >= 15 is 0 Å². The van der Waals surface area contributed by atoms with Crippen molar-refractivity contribution >= 4 is 52.0 Å². The molecule has 1 heterocycles.